The molecule has 5 nitrogen and oxygen atoms in total. The Bertz CT molecular complexity index is 1100. The molecule has 0 amide bonds. The average Bonchev–Trinajstić information content (AvgIpc) is 2.68. The van der Waals surface area contributed by atoms with E-state index < -0.39 is 10.0 Å². The topological polar surface area (TPSA) is 72.0 Å². The van der Waals surface area contributed by atoms with E-state index in [0.717, 1.165) is 11.0 Å². The van der Waals surface area contributed by atoms with Crippen molar-refractivity contribution in [1.82, 2.24) is 9.97 Å². The van der Waals surface area contributed by atoms with Gasteiger partial charge in [-0.3, -0.25) is 4.72 Å². The molecule has 0 spiro atoms. The molecule has 144 valence electrons. The number of sulfonamides is 1. The molecule has 3 rings (SSSR count). The number of nitrogens with zero attached hydrogens (tertiary/aromatic N) is 2. The minimum absolute atomic E-state index is 0.101. The van der Waals surface area contributed by atoms with Crippen molar-refractivity contribution in [3.63, 3.8) is 0 Å². The van der Waals surface area contributed by atoms with Gasteiger partial charge < -0.3 is 0 Å². The molecule has 9 heteroatoms. The van der Waals surface area contributed by atoms with Gasteiger partial charge in [0.2, 0.25) is 0 Å². The van der Waals surface area contributed by atoms with Crippen molar-refractivity contribution < 1.29 is 8.42 Å². The summed E-state index contributed by atoms with van der Waals surface area (Å²) in [7, 11) is -3.83. The molecular weight excluding hydrogens is 437 g/mol. The Labute approximate surface area is 177 Å². The fourth-order valence-electron chi connectivity index (χ4n) is 2.35. The number of hydrogen-bond acceptors (Lipinski definition) is 5. The molecule has 28 heavy (non-hydrogen) atoms. The van der Waals surface area contributed by atoms with Gasteiger partial charge in [0.15, 0.2) is 11.0 Å². The molecular formula is C19H15Cl2N3O2S2. The Kier molecular flexibility index (Phi) is 6.61. The molecule has 0 atom stereocenters. The Balaban J connectivity index is 2.01. The molecule has 0 saturated heterocycles. The maximum atomic E-state index is 12.6. The van der Waals surface area contributed by atoms with Crippen LogP contribution in [0.4, 0.5) is 5.82 Å². The van der Waals surface area contributed by atoms with E-state index in [9.17, 15) is 8.42 Å². The van der Waals surface area contributed by atoms with Crippen LogP contribution in [0.1, 0.15) is 5.56 Å². The van der Waals surface area contributed by atoms with E-state index in [0.29, 0.717) is 21.3 Å². The molecule has 1 N–H and O–H groups in total. The van der Waals surface area contributed by atoms with Crippen molar-refractivity contribution in [3.8, 4) is 11.1 Å². The first-order valence-electron chi connectivity index (χ1n) is 8.01. The zero-order valence-corrected chi connectivity index (χ0v) is 17.8. The van der Waals surface area contributed by atoms with Crippen molar-refractivity contribution in [2.24, 2.45) is 0 Å². The first-order chi connectivity index (χ1) is 13.4. The van der Waals surface area contributed by atoms with E-state index in [-0.39, 0.29) is 11.0 Å². The smallest absolute Gasteiger partial charge is 0.256 e. The summed E-state index contributed by atoms with van der Waals surface area (Å²) in [6.07, 6.45) is 3.28. The van der Waals surface area contributed by atoms with Crippen molar-refractivity contribution in [3.05, 3.63) is 75.7 Å². The highest BCUT2D eigenvalue weighted by Gasteiger charge is 2.18. The lowest BCUT2D eigenvalue weighted by molar-refractivity contribution is 0.609. The Hall–Kier alpha value is -2.06. The Morgan fingerprint density at radius 2 is 1.68 bits per heavy atom. The van der Waals surface area contributed by atoms with Crippen LogP contribution in [0.25, 0.3) is 17.2 Å². The van der Waals surface area contributed by atoms with Gasteiger partial charge in [-0.15, -0.1) is 0 Å². The summed E-state index contributed by atoms with van der Waals surface area (Å²) in [5.41, 5.74) is 1.79. The van der Waals surface area contributed by atoms with Gasteiger partial charge in [-0.05, 0) is 35.6 Å². The number of nitrogens with one attached hydrogen (secondary N) is 1. The molecule has 0 aliphatic carbocycles. The minimum atomic E-state index is -3.83. The van der Waals surface area contributed by atoms with Crippen molar-refractivity contribution in [1.29, 1.82) is 0 Å². The molecule has 0 unspecified atom stereocenters. The van der Waals surface area contributed by atoms with Gasteiger partial charge in [0, 0.05) is 5.02 Å². The number of thioether (sulfide) groups is 1. The van der Waals surface area contributed by atoms with Gasteiger partial charge in [0.05, 0.1) is 11.0 Å². The molecule has 0 saturated carbocycles. The number of hydrogen-bond donors (Lipinski definition) is 1. The van der Waals surface area contributed by atoms with Crippen molar-refractivity contribution in [2.75, 3.05) is 11.0 Å². The predicted molar refractivity (Wildman–Crippen MR) is 117 cm³/mol. The monoisotopic (exact) mass is 451 g/mol. The lowest BCUT2D eigenvalue weighted by Gasteiger charge is -2.13. The summed E-state index contributed by atoms with van der Waals surface area (Å²) >= 11 is 13.5. The number of benzene rings is 2. The molecule has 0 fully saturated rings. The van der Waals surface area contributed by atoms with E-state index in [1.165, 1.54) is 17.8 Å². The highest BCUT2D eigenvalue weighted by Crippen LogP contribution is 2.35. The van der Waals surface area contributed by atoms with Crippen LogP contribution >= 0.6 is 35.0 Å². The lowest BCUT2D eigenvalue weighted by Crippen LogP contribution is -2.12. The number of halogens is 2. The maximum absolute atomic E-state index is 12.6. The highest BCUT2D eigenvalue weighted by atomic mass is 35.5. The van der Waals surface area contributed by atoms with E-state index in [2.05, 4.69) is 14.7 Å². The van der Waals surface area contributed by atoms with Gasteiger partial charge in [-0.2, -0.15) is 0 Å². The standard InChI is InChI=1S/C19H15Cl2N3O2S2/c1-27-19-22-17(21)16(14-7-9-15(20)10-8-14)18(23-19)24-28(25,26)12-11-13-5-3-2-4-6-13/h2-12H,1H3,(H,22,23,24). The second-order valence-electron chi connectivity index (χ2n) is 5.59. The Morgan fingerprint density at radius 1 is 1.00 bits per heavy atom. The fourth-order valence-corrected chi connectivity index (χ4v) is 3.99. The highest BCUT2D eigenvalue weighted by molar-refractivity contribution is 7.98. The van der Waals surface area contributed by atoms with Gasteiger partial charge in [-0.25, -0.2) is 18.4 Å². The van der Waals surface area contributed by atoms with Gasteiger partial charge in [-0.1, -0.05) is 77.4 Å². The second-order valence-corrected chi connectivity index (χ2v) is 8.73. The largest absolute Gasteiger partial charge is 0.263 e. The zero-order chi connectivity index (χ0) is 20.1. The summed E-state index contributed by atoms with van der Waals surface area (Å²) in [4.78, 5) is 8.51. The van der Waals surface area contributed by atoms with Gasteiger partial charge >= 0.3 is 0 Å². The summed E-state index contributed by atoms with van der Waals surface area (Å²) in [6, 6.07) is 15.9. The van der Waals surface area contributed by atoms with Crippen LogP contribution in [-0.2, 0) is 10.0 Å². The molecule has 2 aromatic carbocycles. The molecule has 0 radical (unpaired) electrons. The number of anilines is 1. The van der Waals surface area contributed by atoms with Crippen molar-refractivity contribution in [2.45, 2.75) is 5.16 Å². The summed E-state index contributed by atoms with van der Waals surface area (Å²) in [5, 5.41) is 2.14. The normalized spacial score (nSPS) is 11.7. The van der Waals surface area contributed by atoms with Crippen LogP contribution in [0.5, 0.6) is 0 Å². The number of aromatic nitrogens is 2. The van der Waals surface area contributed by atoms with Crippen LogP contribution in [0.3, 0.4) is 0 Å². The lowest BCUT2D eigenvalue weighted by atomic mass is 10.1. The molecule has 1 heterocycles. The van der Waals surface area contributed by atoms with E-state index in [4.69, 9.17) is 23.2 Å². The number of rotatable bonds is 6. The maximum Gasteiger partial charge on any atom is 0.256 e. The van der Waals surface area contributed by atoms with E-state index >= 15 is 0 Å². The third-order valence-electron chi connectivity index (χ3n) is 3.64. The summed E-state index contributed by atoms with van der Waals surface area (Å²) < 4.78 is 27.7. The molecule has 3 aromatic rings. The van der Waals surface area contributed by atoms with E-state index in [1.54, 1.807) is 42.7 Å². The second kappa shape index (κ2) is 8.96. The molecule has 0 aliphatic rings. The van der Waals surface area contributed by atoms with Crippen LogP contribution in [0, 0.1) is 0 Å². The van der Waals surface area contributed by atoms with Crippen LogP contribution in [0.2, 0.25) is 10.2 Å². The summed E-state index contributed by atoms with van der Waals surface area (Å²) in [5.74, 6) is 0.101. The Morgan fingerprint density at radius 3 is 2.32 bits per heavy atom. The van der Waals surface area contributed by atoms with Crippen LogP contribution in [-0.4, -0.2) is 24.6 Å². The average molecular weight is 452 g/mol. The van der Waals surface area contributed by atoms with Crippen molar-refractivity contribution >= 4 is 56.9 Å². The minimum Gasteiger partial charge on any atom is -0.263 e. The predicted octanol–water partition coefficient (Wildman–Crippen LogP) is 5.58. The van der Waals surface area contributed by atoms with Gasteiger partial charge in [0.1, 0.15) is 5.15 Å². The SMILES string of the molecule is CSc1nc(Cl)c(-c2ccc(Cl)cc2)c(NS(=O)(=O)C=Cc2ccccc2)n1. The first-order valence-corrected chi connectivity index (χ1v) is 11.5. The van der Waals surface area contributed by atoms with Crippen LogP contribution in [0.15, 0.2) is 65.2 Å². The molecule has 0 bridgehead atoms. The van der Waals surface area contributed by atoms with Gasteiger partial charge in [0.25, 0.3) is 10.0 Å². The quantitative estimate of drug-likeness (QED) is 0.300. The summed E-state index contributed by atoms with van der Waals surface area (Å²) in [6.45, 7) is 0. The van der Waals surface area contributed by atoms with Crippen LogP contribution < -0.4 is 4.72 Å². The molecule has 0 aliphatic heterocycles. The zero-order valence-electron chi connectivity index (χ0n) is 14.6. The van der Waals surface area contributed by atoms with E-state index in [1.807, 2.05) is 18.2 Å². The first kappa shape index (κ1) is 20.7. The third-order valence-corrected chi connectivity index (χ3v) is 5.68. The third kappa shape index (κ3) is 5.26. The fraction of sp³-hybridized carbons (Fsp3) is 0.0526. The molecule has 1 aromatic heterocycles.